The summed E-state index contributed by atoms with van der Waals surface area (Å²) in [6.07, 6.45) is 3.17. The van der Waals surface area contributed by atoms with Crippen molar-refractivity contribution in [2.75, 3.05) is 45.8 Å². The van der Waals surface area contributed by atoms with Crippen LogP contribution in [0.15, 0.2) is 41.0 Å². The molecule has 0 spiro atoms. The molecule has 2 aromatic rings. The average molecular weight is 384 g/mol. The van der Waals surface area contributed by atoms with Crippen molar-refractivity contribution in [2.45, 2.75) is 25.5 Å². The predicted molar refractivity (Wildman–Crippen MR) is 105 cm³/mol. The van der Waals surface area contributed by atoms with Crippen LogP contribution in [0.2, 0.25) is 0 Å². The standard InChI is InChI=1S/C21H28N4O3/c26-19(17-6-2-1-3-7-17)14-23-10-12-24(13-11-23)15-20-22-18(16-28-20)21(27)25-8-4-5-9-25/h1-3,6-7,16,19,26H,4-5,8-15H2. The third-order valence-corrected chi connectivity index (χ3v) is 5.60. The van der Waals surface area contributed by atoms with E-state index in [-0.39, 0.29) is 5.91 Å². The van der Waals surface area contributed by atoms with Crippen molar-refractivity contribution in [2.24, 2.45) is 0 Å². The molecule has 2 aliphatic heterocycles. The van der Waals surface area contributed by atoms with Gasteiger partial charge in [-0.25, -0.2) is 4.98 Å². The van der Waals surface area contributed by atoms with Gasteiger partial charge in [-0.1, -0.05) is 30.3 Å². The first-order valence-corrected chi connectivity index (χ1v) is 10.1. The van der Waals surface area contributed by atoms with Crippen LogP contribution in [-0.2, 0) is 6.54 Å². The minimum absolute atomic E-state index is 0.0211. The van der Waals surface area contributed by atoms with Gasteiger partial charge in [0.1, 0.15) is 6.26 Å². The number of hydrogen-bond donors (Lipinski definition) is 1. The number of amides is 1. The van der Waals surface area contributed by atoms with Gasteiger partial charge >= 0.3 is 0 Å². The molecule has 0 bridgehead atoms. The van der Waals surface area contributed by atoms with E-state index in [1.54, 1.807) is 0 Å². The van der Waals surface area contributed by atoms with E-state index in [9.17, 15) is 9.90 Å². The molecule has 2 saturated heterocycles. The first-order valence-electron chi connectivity index (χ1n) is 10.1. The lowest BCUT2D eigenvalue weighted by Crippen LogP contribution is -2.47. The number of carbonyl (C=O) groups excluding carboxylic acids is 1. The normalized spacial score (nSPS) is 19.8. The summed E-state index contributed by atoms with van der Waals surface area (Å²) < 4.78 is 5.54. The smallest absolute Gasteiger partial charge is 0.275 e. The van der Waals surface area contributed by atoms with Crippen molar-refractivity contribution >= 4 is 5.91 Å². The van der Waals surface area contributed by atoms with E-state index < -0.39 is 6.10 Å². The van der Waals surface area contributed by atoms with Crippen LogP contribution in [0.5, 0.6) is 0 Å². The van der Waals surface area contributed by atoms with Gasteiger partial charge in [0.25, 0.3) is 5.91 Å². The predicted octanol–water partition coefficient (Wildman–Crippen LogP) is 1.76. The van der Waals surface area contributed by atoms with E-state index in [1.807, 2.05) is 35.2 Å². The van der Waals surface area contributed by atoms with Crippen LogP contribution in [0.1, 0.15) is 40.9 Å². The largest absolute Gasteiger partial charge is 0.447 e. The number of hydrogen-bond acceptors (Lipinski definition) is 6. The van der Waals surface area contributed by atoms with Gasteiger partial charge in [-0.15, -0.1) is 0 Å². The maximum atomic E-state index is 12.4. The molecule has 1 atom stereocenters. The molecule has 2 fully saturated rings. The first kappa shape index (κ1) is 19.1. The summed E-state index contributed by atoms with van der Waals surface area (Å²) in [6, 6.07) is 9.79. The number of piperazine rings is 1. The molecular weight excluding hydrogens is 356 g/mol. The van der Waals surface area contributed by atoms with Crippen molar-refractivity contribution in [1.82, 2.24) is 19.7 Å². The zero-order valence-corrected chi connectivity index (χ0v) is 16.2. The number of aromatic nitrogens is 1. The number of aliphatic hydroxyl groups excluding tert-OH is 1. The van der Waals surface area contributed by atoms with Crippen LogP contribution in [0.3, 0.4) is 0 Å². The maximum absolute atomic E-state index is 12.4. The van der Waals surface area contributed by atoms with Crippen LogP contribution >= 0.6 is 0 Å². The minimum atomic E-state index is -0.460. The summed E-state index contributed by atoms with van der Waals surface area (Å²) in [7, 11) is 0. The van der Waals surface area contributed by atoms with Crippen LogP contribution in [0.25, 0.3) is 0 Å². The summed E-state index contributed by atoms with van der Waals surface area (Å²) in [6.45, 7) is 6.45. The molecule has 1 aromatic heterocycles. The number of oxazole rings is 1. The van der Waals surface area contributed by atoms with Crippen LogP contribution in [0.4, 0.5) is 0 Å². The molecule has 0 saturated carbocycles. The van der Waals surface area contributed by atoms with Gasteiger partial charge in [-0.3, -0.25) is 14.6 Å². The van der Waals surface area contributed by atoms with Crippen molar-refractivity contribution in [3.63, 3.8) is 0 Å². The van der Waals surface area contributed by atoms with E-state index in [0.717, 1.165) is 57.7 Å². The van der Waals surface area contributed by atoms with Crippen molar-refractivity contribution in [1.29, 1.82) is 0 Å². The van der Waals surface area contributed by atoms with Gasteiger partial charge in [0, 0.05) is 45.8 Å². The Labute approximate surface area is 165 Å². The molecule has 3 heterocycles. The third-order valence-electron chi connectivity index (χ3n) is 5.60. The molecular formula is C21H28N4O3. The molecule has 7 nitrogen and oxygen atoms in total. The van der Waals surface area contributed by atoms with Gasteiger partial charge < -0.3 is 14.4 Å². The molecule has 1 unspecified atom stereocenters. The van der Waals surface area contributed by atoms with Crippen LogP contribution < -0.4 is 0 Å². The summed E-state index contributed by atoms with van der Waals surface area (Å²) in [4.78, 5) is 23.2. The van der Waals surface area contributed by atoms with Crippen molar-refractivity contribution in [3.8, 4) is 0 Å². The molecule has 0 aliphatic carbocycles. The molecule has 150 valence electrons. The van der Waals surface area contributed by atoms with Crippen LogP contribution in [0, 0.1) is 0 Å². The number of β-amino-alcohol motifs (C(OH)–C–C–N with tert-alkyl or cyclic N) is 1. The molecule has 28 heavy (non-hydrogen) atoms. The second-order valence-corrected chi connectivity index (χ2v) is 7.63. The number of benzene rings is 1. The molecule has 0 radical (unpaired) electrons. The zero-order valence-electron chi connectivity index (χ0n) is 16.2. The monoisotopic (exact) mass is 384 g/mol. The van der Waals surface area contributed by atoms with Gasteiger partial charge in [0.15, 0.2) is 5.69 Å². The fraction of sp³-hybridized carbons (Fsp3) is 0.524. The second kappa shape index (κ2) is 8.86. The van der Waals surface area contributed by atoms with Gasteiger partial charge in [0.05, 0.1) is 12.6 Å². The highest BCUT2D eigenvalue weighted by atomic mass is 16.3. The fourth-order valence-corrected chi connectivity index (χ4v) is 3.91. The maximum Gasteiger partial charge on any atom is 0.275 e. The van der Waals surface area contributed by atoms with E-state index in [2.05, 4.69) is 14.8 Å². The fourth-order valence-electron chi connectivity index (χ4n) is 3.91. The van der Waals surface area contributed by atoms with Crippen molar-refractivity contribution in [3.05, 3.63) is 53.7 Å². The number of carbonyl (C=O) groups is 1. The Morgan fingerprint density at radius 3 is 2.43 bits per heavy atom. The Bertz CT molecular complexity index is 765. The molecule has 7 heteroatoms. The summed E-state index contributed by atoms with van der Waals surface area (Å²) in [5.74, 6) is 0.576. The summed E-state index contributed by atoms with van der Waals surface area (Å²) in [5.41, 5.74) is 1.38. The Balaban J connectivity index is 1.24. The Morgan fingerprint density at radius 2 is 1.71 bits per heavy atom. The zero-order chi connectivity index (χ0) is 19.3. The molecule has 4 rings (SSSR count). The number of likely N-dealkylation sites (tertiary alicyclic amines) is 1. The second-order valence-electron chi connectivity index (χ2n) is 7.63. The van der Waals surface area contributed by atoms with Gasteiger partial charge in [0.2, 0.25) is 5.89 Å². The Kier molecular flexibility index (Phi) is 6.04. The van der Waals surface area contributed by atoms with Gasteiger partial charge in [-0.2, -0.15) is 0 Å². The number of rotatable bonds is 6. The summed E-state index contributed by atoms with van der Waals surface area (Å²) in [5, 5.41) is 10.4. The Morgan fingerprint density at radius 1 is 1.04 bits per heavy atom. The SMILES string of the molecule is O=C(c1coc(CN2CCN(CC(O)c3ccccc3)CC2)n1)N1CCCC1. The highest BCUT2D eigenvalue weighted by molar-refractivity contribution is 5.92. The Hall–Kier alpha value is -2.22. The topological polar surface area (TPSA) is 73.0 Å². The first-order chi connectivity index (χ1) is 13.7. The lowest BCUT2D eigenvalue weighted by Gasteiger charge is -2.35. The van der Waals surface area contributed by atoms with Crippen LogP contribution in [-0.4, -0.2) is 76.5 Å². The van der Waals surface area contributed by atoms with E-state index in [0.29, 0.717) is 24.7 Å². The lowest BCUT2D eigenvalue weighted by molar-refractivity contribution is 0.0671. The minimum Gasteiger partial charge on any atom is -0.447 e. The average Bonchev–Trinajstić information content (AvgIpc) is 3.42. The number of aliphatic hydroxyl groups is 1. The molecule has 1 aromatic carbocycles. The molecule has 1 N–H and O–H groups in total. The third kappa shape index (κ3) is 4.60. The van der Waals surface area contributed by atoms with E-state index in [1.165, 1.54) is 6.26 Å². The molecule has 2 aliphatic rings. The highest BCUT2D eigenvalue weighted by Gasteiger charge is 2.24. The van der Waals surface area contributed by atoms with E-state index in [4.69, 9.17) is 4.42 Å². The molecule has 1 amide bonds. The quantitative estimate of drug-likeness (QED) is 0.818. The summed E-state index contributed by atoms with van der Waals surface area (Å²) >= 11 is 0. The van der Waals surface area contributed by atoms with E-state index >= 15 is 0 Å². The van der Waals surface area contributed by atoms with Crippen molar-refractivity contribution < 1.29 is 14.3 Å². The number of nitrogens with zero attached hydrogens (tertiary/aromatic N) is 4. The lowest BCUT2D eigenvalue weighted by atomic mass is 10.1. The van der Waals surface area contributed by atoms with Gasteiger partial charge in [-0.05, 0) is 18.4 Å². The highest BCUT2D eigenvalue weighted by Crippen LogP contribution is 2.17.